The minimum atomic E-state index is -0.934. The predicted molar refractivity (Wildman–Crippen MR) is 67.6 cm³/mol. The van der Waals surface area contributed by atoms with Gasteiger partial charge < -0.3 is 4.42 Å². The van der Waals surface area contributed by atoms with Gasteiger partial charge in [0.2, 0.25) is 24.2 Å². The van der Waals surface area contributed by atoms with Gasteiger partial charge >= 0.3 is 0 Å². The van der Waals surface area contributed by atoms with Crippen LogP contribution in [0.15, 0.2) is 41.1 Å². The SMILES string of the molecule is N#Cc1ccc(-c2ccc(F)nc2F)cc1-c1nnco1. The Morgan fingerprint density at radius 1 is 1.10 bits per heavy atom. The number of pyridine rings is 1. The minimum absolute atomic E-state index is 0.113. The third kappa shape index (κ3) is 2.34. The Balaban J connectivity index is 2.18. The molecule has 3 aromatic rings. The van der Waals surface area contributed by atoms with Crippen molar-refractivity contribution in [2.24, 2.45) is 0 Å². The van der Waals surface area contributed by atoms with Crippen LogP contribution >= 0.6 is 0 Å². The number of benzene rings is 1. The zero-order valence-corrected chi connectivity index (χ0v) is 10.4. The lowest BCUT2D eigenvalue weighted by molar-refractivity contribution is 0.515. The first-order valence-corrected chi connectivity index (χ1v) is 5.82. The Labute approximate surface area is 117 Å². The molecule has 0 saturated heterocycles. The van der Waals surface area contributed by atoms with Gasteiger partial charge in [-0.15, -0.1) is 10.2 Å². The average molecular weight is 284 g/mol. The summed E-state index contributed by atoms with van der Waals surface area (Å²) in [5.74, 6) is -1.69. The molecule has 0 aliphatic heterocycles. The van der Waals surface area contributed by atoms with Crippen molar-refractivity contribution in [2.45, 2.75) is 0 Å². The van der Waals surface area contributed by atoms with Crippen LogP contribution < -0.4 is 0 Å². The number of hydrogen-bond acceptors (Lipinski definition) is 5. The van der Waals surface area contributed by atoms with Gasteiger partial charge in [0.15, 0.2) is 0 Å². The summed E-state index contributed by atoms with van der Waals surface area (Å²) in [7, 11) is 0. The molecular weight excluding hydrogens is 278 g/mol. The number of halogens is 2. The molecule has 2 aromatic heterocycles. The lowest BCUT2D eigenvalue weighted by Crippen LogP contribution is -1.93. The summed E-state index contributed by atoms with van der Waals surface area (Å²) in [6.45, 7) is 0. The molecule has 0 bridgehead atoms. The Kier molecular flexibility index (Phi) is 3.12. The second-order valence-corrected chi connectivity index (χ2v) is 4.09. The highest BCUT2D eigenvalue weighted by Gasteiger charge is 2.14. The van der Waals surface area contributed by atoms with Crippen LogP contribution in [0.25, 0.3) is 22.6 Å². The molecule has 21 heavy (non-hydrogen) atoms. The second kappa shape index (κ2) is 5.09. The Bertz CT molecular complexity index is 841. The summed E-state index contributed by atoms with van der Waals surface area (Å²) in [6, 6.07) is 8.88. The molecule has 0 spiro atoms. The molecule has 102 valence electrons. The highest BCUT2D eigenvalue weighted by Crippen LogP contribution is 2.29. The van der Waals surface area contributed by atoms with E-state index in [1.54, 1.807) is 0 Å². The number of hydrogen-bond donors (Lipinski definition) is 0. The summed E-state index contributed by atoms with van der Waals surface area (Å²) in [5.41, 5.74) is 1.21. The molecule has 0 unspecified atom stereocenters. The topological polar surface area (TPSA) is 75.6 Å². The Morgan fingerprint density at radius 2 is 1.95 bits per heavy atom. The Hall–Kier alpha value is -3.14. The fourth-order valence-electron chi connectivity index (χ4n) is 1.90. The molecule has 0 saturated carbocycles. The van der Waals surface area contributed by atoms with Gasteiger partial charge in [0.25, 0.3) is 0 Å². The normalized spacial score (nSPS) is 10.3. The third-order valence-corrected chi connectivity index (χ3v) is 2.86. The molecule has 7 heteroatoms. The molecule has 0 aliphatic rings. The molecule has 3 rings (SSSR count). The maximum atomic E-state index is 13.7. The van der Waals surface area contributed by atoms with E-state index >= 15 is 0 Å². The van der Waals surface area contributed by atoms with E-state index in [4.69, 9.17) is 9.68 Å². The first kappa shape index (κ1) is 12.9. The molecule has 0 radical (unpaired) electrons. The fraction of sp³-hybridized carbons (Fsp3) is 0. The molecule has 2 heterocycles. The molecular formula is C14H6F2N4O. The number of nitrogens with zero attached hydrogens (tertiary/aromatic N) is 4. The molecule has 0 atom stereocenters. The Morgan fingerprint density at radius 3 is 2.62 bits per heavy atom. The van der Waals surface area contributed by atoms with Gasteiger partial charge in [-0.25, -0.2) is 0 Å². The quantitative estimate of drug-likeness (QED) is 0.676. The maximum absolute atomic E-state index is 13.7. The minimum Gasteiger partial charge on any atom is -0.423 e. The summed E-state index contributed by atoms with van der Waals surface area (Å²) in [5, 5.41) is 16.4. The smallest absolute Gasteiger partial charge is 0.248 e. The van der Waals surface area contributed by atoms with Crippen molar-refractivity contribution in [3.05, 3.63) is 54.2 Å². The van der Waals surface area contributed by atoms with E-state index < -0.39 is 11.9 Å². The first-order chi connectivity index (χ1) is 10.2. The highest BCUT2D eigenvalue weighted by atomic mass is 19.1. The van der Waals surface area contributed by atoms with Crippen LogP contribution in [0.3, 0.4) is 0 Å². The molecule has 0 amide bonds. The molecule has 0 fully saturated rings. The van der Waals surface area contributed by atoms with Gasteiger partial charge in [-0.05, 0) is 29.8 Å². The van der Waals surface area contributed by atoms with E-state index in [1.807, 2.05) is 6.07 Å². The average Bonchev–Trinajstić information content (AvgIpc) is 3.01. The van der Waals surface area contributed by atoms with Crippen molar-refractivity contribution in [1.82, 2.24) is 15.2 Å². The monoisotopic (exact) mass is 284 g/mol. The molecule has 0 N–H and O–H groups in total. The fourth-order valence-corrected chi connectivity index (χ4v) is 1.90. The van der Waals surface area contributed by atoms with Crippen LogP contribution in [-0.2, 0) is 0 Å². The van der Waals surface area contributed by atoms with Gasteiger partial charge in [0.1, 0.15) is 0 Å². The largest absolute Gasteiger partial charge is 0.423 e. The van der Waals surface area contributed by atoms with Gasteiger partial charge in [-0.3, -0.25) is 0 Å². The standard InChI is InChI=1S/C14H6F2N4O/c15-12-4-3-10(13(16)19-12)8-1-2-9(6-17)11(5-8)14-20-18-7-21-14/h1-5,7H. The van der Waals surface area contributed by atoms with E-state index in [0.717, 1.165) is 12.5 Å². The van der Waals surface area contributed by atoms with Gasteiger partial charge in [0, 0.05) is 5.56 Å². The lowest BCUT2D eigenvalue weighted by Gasteiger charge is -2.05. The van der Waals surface area contributed by atoms with Crippen LogP contribution in [0.2, 0.25) is 0 Å². The number of nitriles is 1. The second-order valence-electron chi connectivity index (χ2n) is 4.09. The van der Waals surface area contributed by atoms with Crippen molar-refractivity contribution in [2.75, 3.05) is 0 Å². The molecule has 0 aliphatic carbocycles. The van der Waals surface area contributed by atoms with Crippen LogP contribution in [-0.4, -0.2) is 15.2 Å². The van der Waals surface area contributed by atoms with E-state index in [1.165, 1.54) is 24.3 Å². The number of aromatic nitrogens is 3. The van der Waals surface area contributed by atoms with E-state index in [0.29, 0.717) is 16.7 Å². The molecule has 1 aromatic carbocycles. The van der Waals surface area contributed by atoms with Crippen LogP contribution in [0.4, 0.5) is 8.78 Å². The van der Waals surface area contributed by atoms with E-state index in [9.17, 15) is 8.78 Å². The van der Waals surface area contributed by atoms with Crippen LogP contribution in [0.1, 0.15) is 5.56 Å². The van der Waals surface area contributed by atoms with Crippen molar-refractivity contribution in [3.63, 3.8) is 0 Å². The summed E-state index contributed by atoms with van der Waals surface area (Å²) < 4.78 is 31.6. The summed E-state index contributed by atoms with van der Waals surface area (Å²) in [4.78, 5) is 3.14. The lowest BCUT2D eigenvalue weighted by atomic mass is 10.0. The van der Waals surface area contributed by atoms with Crippen molar-refractivity contribution >= 4 is 0 Å². The van der Waals surface area contributed by atoms with Gasteiger partial charge in [0.05, 0.1) is 17.2 Å². The van der Waals surface area contributed by atoms with Crippen LogP contribution in [0.5, 0.6) is 0 Å². The van der Waals surface area contributed by atoms with Crippen molar-refractivity contribution in [3.8, 4) is 28.7 Å². The number of rotatable bonds is 2. The zero-order chi connectivity index (χ0) is 14.8. The maximum Gasteiger partial charge on any atom is 0.248 e. The molecule has 5 nitrogen and oxygen atoms in total. The highest BCUT2D eigenvalue weighted by molar-refractivity contribution is 5.73. The third-order valence-electron chi connectivity index (χ3n) is 2.86. The summed E-state index contributed by atoms with van der Waals surface area (Å²) >= 11 is 0. The first-order valence-electron chi connectivity index (χ1n) is 5.82. The van der Waals surface area contributed by atoms with Crippen LogP contribution in [0, 0.1) is 23.2 Å². The zero-order valence-electron chi connectivity index (χ0n) is 10.4. The van der Waals surface area contributed by atoms with E-state index in [2.05, 4.69) is 15.2 Å². The summed E-state index contributed by atoms with van der Waals surface area (Å²) in [6.07, 6.45) is 1.13. The van der Waals surface area contributed by atoms with Gasteiger partial charge in [-0.2, -0.15) is 19.0 Å². The van der Waals surface area contributed by atoms with Crippen molar-refractivity contribution in [1.29, 1.82) is 5.26 Å². The predicted octanol–water partition coefficient (Wildman–Crippen LogP) is 2.95. The van der Waals surface area contributed by atoms with Crippen molar-refractivity contribution < 1.29 is 13.2 Å². The van der Waals surface area contributed by atoms with Gasteiger partial charge in [-0.1, -0.05) is 6.07 Å². The van der Waals surface area contributed by atoms with E-state index in [-0.39, 0.29) is 11.5 Å².